The maximum absolute atomic E-state index is 11.4. The Morgan fingerprint density at radius 3 is 2.08 bits per heavy atom. The number of alkyl halides is 3. The summed E-state index contributed by atoms with van der Waals surface area (Å²) >= 11 is 0. The van der Waals surface area contributed by atoms with E-state index in [4.69, 9.17) is 5.73 Å². The first-order valence-corrected chi connectivity index (χ1v) is 3.97. The van der Waals surface area contributed by atoms with Gasteiger partial charge in [-0.15, -0.1) is 13.2 Å². The minimum atomic E-state index is -4.48. The summed E-state index contributed by atoms with van der Waals surface area (Å²) in [4.78, 5) is 0. The van der Waals surface area contributed by atoms with Crippen LogP contribution in [0.2, 0.25) is 0 Å². The van der Waals surface area contributed by atoms with Crippen LogP contribution < -0.4 is 5.73 Å². The van der Waals surface area contributed by atoms with Crippen molar-refractivity contribution in [3.05, 3.63) is 0 Å². The van der Waals surface area contributed by atoms with E-state index in [1.54, 1.807) is 0 Å². The zero-order valence-corrected chi connectivity index (χ0v) is 6.86. The van der Waals surface area contributed by atoms with E-state index in [1.165, 1.54) is 0 Å². The minimum absolute atomic E-state index is 0.242. The average molecular weight is 185 g/mol. The monoisotopic (exact) mass is 185 g/mol. The van der Waals surface area contributed by atoms with Gasteiger partial charge in [-0.1, -0.05) is 12.8 Å². The fraction of sp³-hybridized carbons (Fsp3) is 1.00. The second-order valence-corrected chi connectivity index (χ2v) is 2.50. The lowest BCUT2D eigenvalue weighted by atomic mass is 10.2. The van der Waals surface area contributed by atoms with E-state index in [9.17, 15) is 13.2 Å². The normalized spacial score (nSPS) is 12.0. The SMILES string of the molecule is NCCCCCCOC(F)(F)F. The molecule has 0 aromatic rings. The Bertz CT molecular complexity index is 105. The van der Waals surface area contributed by atoms with Gasteiger partial charge < -0.3 is 5.73 Å². The molecule has 0 bridgehead atoms. The summed E-state index contributed by atoms with van der Waals surface area (Å²) in [5, 5.41) is 0. The lowest BCUT2D eigenvalue weighted by Crippen LogP contribution is -2.14. The second kappa shape index (κ2) is 6.25. The average Bonchev–Trinajstić information content (AvgIpc) is 1.94. The molecule has 0 saturated heterocycles. The van der Waals surface area contributed by atoms with Crippen molar-refractivity contribution in [2.75, 3.05) is 13.2 Å². The molecule has 0 fully saturated rings. The van der Waals surface area contributed by atoms with Gasteiger partial charge >= 0.3 is 6.36 Å². The van der Waals surface area contributed by atoms with Crippen molar-refractivity contribution in [2.24, 2.45) is 5.73 Å². The van der Waals surface area contributed by atoms with Gasteiger partial charge in [-0.2, -0.15) is 0 Å². The second-order valence-electron chi connectivity index (χ2n) is 2.50. The van der Waals surface area contributed by atoms with Crippen molar-refractivity contribution in [1.82, 2.24) is 0 Å². The van der Waals surface area contributed by atoms with E-state index in [0.29, 0.717) is 13.0 Å². The van der Waals surface area contributed by atoms with Gasteiger partial charge in [-0.05, 0) is 19.4 Å². The van der Waals surface area contributed by atoms with Gasteiger partial charge in [0.1, 0.15) is 0 Å². The third kappa shape index (κ3) is 9.71. The molecule has 74 valence electrons. The highest BCUT2D eigenvalue weighted by molar-refractivity contribution is 4.43. The number of ether oxygens (including phenoxy) is 1. The molecule has 0 aliphatic rings. The van der Waals surface area contributed by atoms with Crippen LogP contribution in [0.4, 0.5) is 13.2 Å². The van der Waals surface area contributed by atoms with Gasteiger partial charge in [0, 0.05) is 0 Å². The molecule has 0 saturated carbocycles. The Hall–Kier alpha value is -0.290. The lowest BCUT2D eigenvalue weighted by molar-refractivity contribution is -0.324. The Morgan fingerprint density at radius 1 is 1.00 bits per heavy atom. The summed E-state index contributed by atoms with van der Waals surface area (Å²) in [7, 11) is 0. The Balaban J connectivity index is 3.01. The van der Waals surface area contributed by atoms with Crippen LogP contribution in [-0.2, 0) is 4.74 Å². The van der Waals surface area contributed by atoms with Crippen LogP contribution in [0.5, 0.6) is 0 Å². The van der Waals surface area contributed by atoms with Gasteiger partial charge in [0.15, 0.2) is 0 Å². The molecule has 0 radical (unpaired) electrons. The molecule has 2 nitrogen and oxygen atoms in total. The largest absolute Gasteiger partial charge is 0.522 e. The van der Waals surface area contributed by atoms with Crippen molar-refractivity contribution in [3.8, 4) is 0 Å². The van der Waals surface area contributed by atoms with Crippen LogP contribution in [-0.4, -0.2) is 19.5 Å². The molecule has 0 aromatic heterocycles. The predicted molar refractivity (Wildman–Crippen MR) is 39.5 cm³/mol. The highest BCUT2D eigenvalue weighted by Crippen LogP contribution is 2.16. The molecule has 0 aliphatic heterocycles. The van der Waals surface area contributed by atoms with Gasteiger partial charge in [-0.3, -0.25) is 4.74 Å². The fourth-order valence-corrected chi connectivity index (χ4v) is 0.788. The number of nitrogens with two attached hydrogens (primary N) is 1. The van der Waals surface area contributed by atoms with E-state index in [0.717, 1.165) is 19.3 Å². The maximum Gasteiger partial charge on any atom is 0.522 e. The van der Waals surface area contributed by atoms with Gasteiger partial charge in [-0.25, -0.2) is 0 Å². The quantitative estimate of drug-likeness (QED) is 0.642. The third-order valence-electron chi connectivity index (χ3n) is 1.36. The molecule has 0 spiro atoms. The number of hydrogen-bond acceptors (Lipinski definition) is 2. The predicted octanol–water partition coefficient (Wildman–Crippen LogP) is 2.04. The first-order chi connectivity index (χ1) is 5.56. The Labute approximate surface area is 69.9 Å². The van der Waals surface area contributed by atoms with Gasteiger partial charge in [0.2, 0.25) is 0 Å². The maximum atomic E-state index is 11.4. The van der Waals surface area contributed by atoms with Crippen molar-refractivity contribution in [3.63, 3.8) is 0 Å². The van der Waals surface area contributed by atoms with Crippen molar-refractivity contribution < 1.29 is 17.9 Å². The van der Waals surface area contributed by atoms with Crippen LogP contribution in [0.15, 0.2) is 0 Å². The molecule has 0 atom stereocenters. The Morgan fingerprint density at radius 2 is 1.58 bits per heavy atom. The van der Waals surface area contributed by atoms with Crippen LogP contribution in [0.25, 0.3) is 0 Å². The fourth-order valence-electron chi connectivity index (χ4n) is 0.788. The van der Waals surface area contributed by atoms with E-state index in [1.807, 2.05) is 0 Å². The molecule has 5 heteroatoms. The van der Waals surface area contributed by atoms with Crippen molar-refractivity contribution in [2.45, 2.75) is 32.0 Å². The standard InChI is InChI=1S/C7H14F3NO/c8-7(9,10)12-6-4-2-1-3-5-11/h1-6,11H2. The van der Waals surface area contributed by atoms with E-state index >= 15 is 0 Å². The first-order valence-electron chi connectivity index (χ1n) is 3.97. The topological polar surface area (TPSA) is 35.2 Å². The highest BCUT2D eigenvalue weighted by Gasteiger charge is 2.28. The van der Waals surface area contributed by atoms with Crippen LogP contribution in [0.3, 0.4) is 0 Å². The molecule has 12 heavy (non-hydrogen) atoms. The molecular formula is C7H14F3NO. The van der Waals surface area contributed by atoms with Crippen molar-refractivity contribution in [1.29, 1.82) is 0 Å². The molecular weight excluding hydrogens is 171 g/mol. The molecule has 0 rings (SSSR count). The summed E-state index contributed by atoms with van der Waals surface area (Å²) in [5.74, 6) is 0. The number of rotatable bonds is 6. The Kier molecular flexibility index (Phi) is 6.10. The molecule has 0 amide bonds. The number of unbranched alkanes of at least 4 members (excludes halogenated alkanes) is 3. The molecule has 0 aliphatic carbocycles. The molecule has 0 unspecified atom stereocenters. The number of halogens is 3. The van der Waals surface area contributed by atoms with Crippen LogP contribution in [0, 0.1) is 0 Å². The van der Waals surface area contributed by atoms with E-state index < -0.39 is 6.36 Å². The van der Waals surface area contributed by atoms with Crippen molar-refractivity contribution >= 4 is 0 Å². The highest BCUT2D eigenvalue weighted by atomic mass is 19.4. The van der Waals surface area contributed by atoms with Crippen LogP contribution >= 0.6 is 0 Å². The van der Waals surface area contributed by atoms with Gasteiger partial charge in [0.05, 0.1) is 6.61 Å². The first kappa shape index (κ1) is 11.7. The molecule has 2 N–H and O–H groups in total. The smallest absolute Gasteiger partial charge is 0.330 e. The summed E-state index contributed by atoms with van der Waals surface area (Å²) in [6, 6.07) is 0. The van der Waals surface area contributed by atoms with Crippen LogP contribution in [0.1, 0.15) is 25.7 Å². The third-order valence-corrected chi connectivity index (χ3v) is 1.36. The number of hydrogen-bond donors (Lipinski definition) is 1. The molecule has 0 heterocycles. The zero-order chi connectivity index (χ0) is 9.45. The summed E-state index contributed by atoms with van der Waals surface area (Å²) in [6.45, 7) is 0.355. The zero-order valence-electron chi connectivity index (χ0n) is 6.86. The lowest BCUT2D eigenvalue weighted by Gasteiger charge is -2.06. The minimum Gasteiger partial charge on any atom is -0.330 e. The molecule has 0 aromatic carbocycles. The summed E-state index contributed by atoms with van der Waals surface area (Å²) < 4.78 is 37.7. The van der Waals surface area contributed by atoms with E-state index in [-0.39, 0.29) is 6.61 Å². The van der Waals surface area contributed by atoms with Gasteiger partial charge in [0.25, 0.3) is 0 Å². The summed E-state index contributed by atoms with van der Waals surface area (Å²) in [5.41, 5.74) is 5.20. The summed E-state index contributed by atoms with van der Waals surface area (Å²) in [6.07, 6.45) is -1.55. The van der Waals surface area contributed by atoms with E-state index in [2.05, 4.69) is 4.74 Å².